The highest BCUT2D eigenvalue weighted by molar-refractivity contribution is 7.18. The number of benzene rings is 2. The van der Waals surface area contributed by atoms with E-state index in [1.54, 1.807) is 35.4 Å². The molecule has 0 bridgehead atoms. The average Bonchev–Trinajstić information content (AvgIpc) is 3.71. The molecule has 8 nitrogen and oxygen atoms in total. The Morgan fingerprint density at radius 2 is 2.07 bits per heavy atom. The van der Waals surface area contributed by atoms with Crippen LogP contribution >= 0.6 is 11.3 Å². The third kappa shape index (κ3) is 6.08. The van der Waals surface area contributed by atoms with Crippen LogP contribution in [0.25, 0.3) is 43.7 Å². The first-order valence-electron chi connectivity index (χ1n) is 14.1. The summed E-state index contributed by atoms with van der Waals surface area (Å²) in [6.45, 7) is 6.84. The number of carbonyl (C=O) groups is 1. The minimum absolute atomic E-state index is 0.234. The summed E-state index contributed by atoms with van der Waals surface area (Å²) in [6, 6.07) is 13.3. The van der Waals surface area contributed by atoms with Crippen molar-refractivity contribution in [2.45, 2.75) is 19.5 Å². The number of aromatic nitrogens is 3. The van der Waals surface area contributed by atoms with Crippen molar-refractivity contribution in [1.29, 1.82) is 0 Å². The number of thiophene rings is 1. The van der Waals surface area contributed by atoms with Crippen LogP contribution in [0, 0.1) is 5.82 Å². The number of carbonyl (C=O) groups excluding carboxylic acids is 1. The first kappa shape index (κ1) is 28.7. The number of hydrogen-bond acceptors (Lipinski definition) is 7. The predicted molar refractivity (Wildman–Crippen MR) is 168 cm³/mol. The third-order valence-electron chi connectivity index (χ3n) is 7.46. The number of hydrogen-bond donors (Lipinski definition) is 2. The second-order valence-corrected chi connectivity index (χ2v) is 11.1. The van der Waals surface area contributed by atoms with Gasteiger partial charge in [0, 0.05) is 64.8 Å². The topological polar surface area (TPSA) is 90.3 Å². The van der Waals surface area contributed by atoms with E-state index in [1.165, 1.54) is 29.3 Å². The molecule has 1 amide bonds. The zero-order chi connectivity index (χ0) is 29.8. The molecular weight excluding hydrogens is 565 g/mol. The minimum Gasteiger partial charge on any atom is -0.490 e. The molecule has 0 fully saturated rings. The number of ether oxygens (including phenoxy) is 2. The van der Waals surface area contributed by atoms with E-state index in [0.29, 0.717) is 31.1 Å². The van der Waals surface area contributed by atoms with E-state index in [9.17, 15) is 9.18 Å². The summed E-state index contributed by atoms with van der Waals surface area (Å²) in [4.78, 5) is 16.9. The highest BCUT2D eigenvalue weighted by Crippen LogP contribution is 2.46. The third-order valence-corrected chi connectivity index (χ3v) is 8.40. The van der Waals surface area contributed by atoms with Crippen LogP contribution in [0.3, 0.4) is 0 Å². The molecule has 0 aliphatic carbocycles. The van der Waals surface area contributed by atoms with Gasteiger partial charge in [0.05, 0.1) is 30.7 Å². The van der Waals surface area contributed by atoms with Crippen LogP contribution in [0.4, 0.5) is 4.39 Å². The number of halogens is 1. The molecule has 3 aromatic heterocycles. The predicted octanol–water partition coefficient (Wildman–Crippen LogP) is 5.61. The first-order chi connectivity index (χ1) is 21.1. The molecule has 5 aromatic rings. The van der Waals surface area contributed by atoms with Gasteiger partial charge in [-0.05, 0) is 59.8 Å². The largest absolute Gasteiger partial charge is 0.490 e. The number of nitrogens with zero attached hydrogens (tertiary/aromatic N) is 3. The summed E-state index contributed by atoms with van der Waals surface area (Å²) in [6.07, 6.45) is 5.91. The maximum atomic E-state index is 14.5. The molecule has 1 aliphatic rings. The van der Waals surface area contributed by atoms with E-state index >= 15 is 0 Å². The summed E-state index contributed by atoms with van der Waals surface area (Å²) in [5.41, 5.74) is 7.67. The van der Waals surface area contributed by atoms with Crippen molar-refractivity contribution in [2.24, 2.45) is 0 Å². The lowest BCUT2D eigenvalue weighted by Gasteiger charge is -2.19. The van der Waals surface area contributed by atoms with E-state index in [2.05, 4.69) is 52.0 Å². The van der Waals surface area contributed by atoms with Gasteiger partial charge in [0.2, 0.25) is 5.91 Å². The highest BCUT2D eigenvalue weighted by atomic mass is 32.1. The SMILES string of the molecule is C=CC(=O)NCCn1cc(-c2nc(-c3ccc4c(c3)CCNC4)c3ccsc3c2-c2ccc(F)cc2OCCOC)cn1. The van der Waals surface area contributed by atoms with Crippen molar-refractivity contribution < 1.29 is 18.7 Å². The van der Waals surface area contributed by atoms with Crippen molar-refractivity contribution >= 4 is 27.3 Å². The molecule has 0 radical (unpaired) electrons. The molecule has 0 atom stereocenters. The Hall–Kier alpha value is -4.38. The van der Waals surface area contributed by atoms with Gasteiger partial charge >= 0.3 is 0 Å². The van der Waals surface area contributed by atoms with Crippen molar-refractivity contribution in [3.63, 3.8) is 0 Å². The fraction of sp³-hybridized carbons (Fsp3) is 0.242. The zero-order valence-electron chi connectivity index (χ0n) is 23.9. The molecule has 2 N–H and O–H groups in total. The molecule has 6 rings (SSSR count). The van der Waals surface area contributed by atoms with Crippen molar-refractivity contribution in [3.05, 3.63) is 89.8 Å². The summed E-state index contributed by atoms with van der Waals surface area (Å²) >= 11 is 1.61. The number of nitrogens with one attached hydrogen (secondary N) is 2. The van der Waals surface area contributed by atoms with Crippen molar-refractivity contribution in [1.82, 2.24) is 25.4 Å². The van der Waals surface area contributed by atoms with Gasteiger partial charge < -0.3 is 20.1 Å². The van der Waals surface area contributed by atoms with Gasteiger partial charge in [-0.2, -0.15) is 5.10 Å². The zero-order valence-corrected chi connectivity index (χ0v) is 24.7. The monoisotopic (exact) mass is 597 g/mol. The number of pyridine rings is 1. The maximum Gasteiger partial charge on any atom is 0.243 e. The lowest BCUT2D eigenvalue weighted by molar-refractivity contribution is -0.116. The van der Waals surface area contributed by atoms with Crippen LogP contribution < -0.4 is 15.4 Å². The minimum atomic E-state index is -0.386. The molecule has 10 heteroatoms. The lowest BCUT2D eigenvalue weighted by Crippen LogP contribution is -2.25. The quantitative estimate of drug-likeness (QED) is 0.152. The molecule has 4 heterocycles. The Morgan fingerprint density at radius 1 is 1.16 bits per heavy atom. The fourth-order valence-corrected chi connectivity index (χ4v) is 6.32. The molecule has 0 saturated carbocycles. The normalized spacial score (nSPS) is 12.7. The van der Waals surface area contributed by atoms with Gasteiger partial charge in [-0.3, -0.25) is 9.48 Å². The summed E-state index contributed by atoms with van der Waals surface area (Å²) in [5, 5.41) is 13.9. The van der Waals surface area contributed by atoms with Crippen LogP contribution in [0.1, 0.15) is 11.1 Å². The molecule has 43 heavy (non-hydrogen) atoms. The van der Waals surface area contributed by atoms with Crippen LogP contribution in [0.5, 0.6) is 5.75 Å². The van der Waals surface area contributed by atoms with Crippen LogP contribution in [0.15, 0.2) is 72.9 Å². The summed E-state index contributed by atoms with van der Waals surface area (Å²) in [5.74, 6) is -0.201. The van der Waals surface area contributed by atoms with Gasteiger partial charge in [-0.25, -0.2) is 9.37 Å². The second kappa shape index (κ2) is 12.9. The van der Waals surface area contributed by atoms with E-state index < -0.39 is 0 Å². The molecule has 220 valence electrons. The van der Waals surface area contributed by atoms with Crippen LogP contribution in [-0.4, -0.2) is 54.1 Å². The van der Waals surface area contributed by atoms with E-state index in [4.69, 9.17) is 14.5 Å². The van der Waals surface area contributed by atoms with E-state index in [0.717, 1.165) is 57.5 Å². The molecule has 1 aliphatic heterocycles. The van der Waals surface area contributed by atoms with Crippen molar-refractivity contribution in [3.8, 4) is 39.4 Å². The van der Waals surface area contributed by atoms with Gasteiger partial charge in [-0.1, -0.05) is 18.7 Å². The number of rotatable bonds is 11. The maximum absolute atomic E-state index is 14.5. The average molecular weight is 598 g/mol. The van der Waals surface area contributed by atoms with Gasteiger partial charge in [-0.15, -0.1) is 11.3 Å². The Labute approximate surface area is 253 Å². The number of amides is 1. The smallest absolute Gasteiger partial charge is 0.243 e. The summed E-state index contributed by atoms with van der Waals surface area (Å²) in [7, 11) is 1.60. The molecular formula is C33H32FN5O3S. The molecule has 0 unspecified atom stereocenters. The first-order valence-corrected chi connectivity index (χ1v) is 15.0. The lowest BCUT2D eigenvalue weighted by atomic mass is 9.93. The Bertz CT molecular complexity index is 1800. The molecule has 0 saturated heterocycles. The Morgan fingerprint density at radius 3 is 2.93 bits per heavy atom. The van der Waals surface area contributed by atoms with Crippen LogP contribution in [-0.2, 0) is 29.0 Å². The number of fused-ring (bicyclic) bond motifs is 2. The van der Waals surface area contributed by atoms with E-state index in [-0.39, 0.29) is 18.3 Å². The number of methoxy groups -OCH3 is 1. The van der Waals surface area contributed by atoms with Gasteiger partial charge in [0.15, 0.2) is 0 Å². The van der Waals surface area contributed by atoms with E-state index in [1.807, 2.05) is 6.20 Å². The Balaban J connectivity index is 1.52. The molecule has 2 aromatic carbocycles. The second-order valence-electron chi connectivity index (χ2n) is 10.2. The Kier molecular flexibility index (Phi) is 8.59. The van der Waals surface area contributed by atoms with Gasteiger partial charge in [0.1, 0.15) is 18.2 Å². The fourth-order valence-electron chi connectivity index (χ4n) is 5.36. The standard InChI is InChI=1S/C33H32FN5O3S/c1-3-29(40)36-11-12-39-20-24(19-37-39)32-30(26-7-6-25(34)17-28(26)42-14-13-41-2)33-27(9-15-43-33)31(38-32)22-4-5-23-18-35-10-8-21(23)16-22/h3-7,9,15-17,19-20,35H,1,8,10-14,18H2,2H3,(H,36,40). The van der Waals surface area contributed by atoms with Crippen LogP contribution in [0.2, 0.25) is 0 Å². The van der Waals surface area contributed by atoms with Gasteiger partial charge in [0.25, 0.3) is 0 Å². The summed E-state index contributed by atoms with van der Waals surface area (Å²) < 4.78 is 28.5. The molecule has 0 spiro atoms. The van der Waals surface area contributed by atoms with Crippen molar-refractivity contribution in [2.75, 3.05) is 33.4 Å². The highest BCUT2D eigenvalue weighted by Gasteiger charge is 2.23.